The maximum Gasteiger partial charge on any atom is 0.459 e. The summed E-state index contributed by atoms with van der Waals surface area (Å²) in [6.45, 7) is 3.73. The maximum atomic E-state index is 12.4. The number of benzene rings is 1. The van der Waals surface area contributed by atoms with Gasteiger partial charge in [-0.25, -0.2) is 9.65 Å². The van der Waals surface area contributed by atoms with E-state index in [0.717, 1.165) is 0 Å². The number of hydrogen-bond donors (Lipinski definition) is 1. The van der Waals surface area contributed by atoms with E-state index in [1.165, 1.54) is 0 Å². The van der Waals surface area contributed by atoms with Gasteiger partial charge in [-0.1, -0.05) is 30.4 Å². The Hall–Kier alpha value is -1.09. The molecule has 92 valence electrons. The van der Waals surface area contributed by atoms with Crippen LogP contribution in [0.3, 0.4) is 0 Å². The molecule has 0 aromatic heterocycles. The fourth-order valence-corrected chi connectivity index (χ4v) is 3.22. The first kappa shape index (κ1) is 12.4. The van der Waals surface area contributed by atoms with Crippen LogP contribution in [0.2, 0.25) is 0 Å². The monoisotopic (exact) mass is 253 g/mol. The van der Waals surface area contributed by atoms with Crippen molar-refractivity contribution in [3.05, 3.63) is 42.5 Å². The third kappa shape index (κ3) is 3.43. The van der Waals surface area contributed by atoms with Gasteiger partial charge in [0, 0.05) is 6.04 Å². The summed E-state index contributed by atoms with van der Waals surface area (Å²) in [5, 5.41) is 2.86. The average Bonchev–Trinajstić information content (AvgIpc) is 2.38. The van der Waals surface area contributed by atoms with Gasteiger partial charge in [0.2, 0.25) is 0 Å². The van der Waals surface area contributed by atoms with Crippen molar-refractivity contribution in [2.75, 3.05) is 0 Å². The van der Waals surface area contributed by atoms with E-state index in [1.807, 2.05) is 44.2 Å². The molecule has 0 bridgehead atoms. The average molecular weight is 253 g/mol. The van der Waals surface area contributed by atoms with Crippen molar-refractivity contribution >= 4 is 7.75 Å². The lowest BCUT2D eigenvalue weighted by Gasteiger charge is -2.21. The van der Waals surface area contributed by atoms with Crippen LogP contribution in [0.15, 0.2) is 42.5 Å². The van der Waals surface area contributed by atoms with Gasteiger partial charge in [-0.2, -0.15) is 0 Å². The lowest BCUT2D eigenvalue weighted by atomic mass is 10.3. The molecule has 2 rings (SSSR count). The largest absolute Gasteiger partial charge is 0.459 e. The van der Waals surface area contributed by atoms with Crippen LogP contribution in [-0.2, 0) is 9.09 Å². The summed E-state index contributed by atoms with van der Waals surface area (Å²) in [5.74, 6) is 0.532. The van der Waals surface area contributed by atoms with E-state index >= 15 is 0 Å². The van der Waals surface area contributed by atoms with Gasteiger partial charge in [-0.05, 0) is 26.0 Å². The molecular formula is C12H16NO3P. The van der Waals surface area contributed by atoms with E-state index in [0.29, 0.717) is 5.75 Å². The van der Waals surface area contributed by atoms with Crippen LogP contribution in [-0.4, -0.2) is 12.1 Å². The predicted octanol–water partition coefficient (Wildman–Crippen LogP) is 3.13. The topological polar surface area (TPSA) is 47.6 Å². The number of hydrogen-bond acceptors (Lipinski definition) is 3. The second-order valence-electron chi connectivity index (χ2n) is 4.02. The van der Waals surface area contributed by atoms with Crippen LogP contribution >= 0.6 is 7.75 Å². The van der Waals surface area contributed by atoms with Crippen molar-refractivity contribution < 1.29 is 13.6 Å². The third-order valence-electron chi connectivity index (χ3n) is 2.31. The van der Waals surface area contributed by atoms with Crippen LogP contribution < -0.4 is 9.61 Å². The van der Waals surface area contributed by atoms with Gasteiger partial charge in [0.25, 0.3) is 0 Å². The second-order valence-corrected chi connectivity index (χ2v) is 5.66. The van der Waals surface area contributed by atoms with Crippen LogP contribution in [0.5, 0.6) is 5.75 Å². The van der Waals surface area contributed by atoms with Gasteiger partial charge in [-0.15, -0.1) is 0 Å². The summed E-state index contributed by atoms with van der Waals surface area (Å²) in [6, 6.07) is 8.97. The van der Waals surface area contributed by atoms with Gasteiger partial charge < -0.3 is 4.52 Å². The Kier molecular flexibility index (Phi) is 3.67. The quantitative estimate of drug-likeness (QED) is 0.649. The molecule has 2 unspecified atom stereocenters. The molecule has 4 nitrogen and oxygen atoms in total. The van der Waals surface area contributed by atoms with Crippen LogP contribution in [0, 0.1) is 0 Å². The molecule has 0 amide bonds. The van der Waals surface area contributed by atoms with Crippen molar-refractivity contribution in [2.45, 2.75) is 26.0 Å². The van der Waals surface area contributed by atoms with Gasteiger partial charge in [0.1, 0.15) is 5.75 Å². The van der Waals surface area contributed by atoms with Crippen molar-refractivity contribution in [3.63, 3.8) is 0 Å². The SMILES string of the molecule is CC1C=C[C@H](C)OP(=O)(Oc2ccccc2)N1. The zero-order chi connectivity index (χ0) is 12.3. The molecule has 1 aliphatic rings. The van der Waals surface area contributed by atoms with Crippen molar-refractivity contribution in [3.8, 4) is 5.75 Å². The fraction of sp³-hybridized carbons (Fsp3) is 0.333. The number of rotatable bonds is 2. The third-order valence-corrected chi connectivity index (χ3v) is 4.09. The molecule has 3 atom stereocenters. The summed E-state index contributed by atoms with van der Waals surface area (Å²) >= 11 is 0. The molecule has 0 saturated carbocycles. The standard InChI is InChI=1S/C12H16NO3P/c1-10-8-9-11(2)15-17(14,13-10)16-12-6-4-3-5-7-12/h3-11H,1-2H3,(H,13,14)/t10?,11-,17?/m0/s1. The Bertz CT molecular complexity index is 428. The second kappa shape index (κ2) is 5.05. The predicted molar refractivity (Wildman–Crippen MR) is 67.0 cm³/mol. The minimum absolute atomic E-state index is 0.0468. The first-order valence-corrected chi connectivity index (χ1v) is 7.11. The highest BCUT2D eigenvalue weighted by Crippen LogP contribution is 2.47. The lowest BCUT2D eigenvalue weighted by molar-refractivity contribution is 0.225. The normalized spacial score (nSPS) is 33.1. The molecule has 1 aromatic carbocycles. The maximum absolute atomic E-state index is 12.4. The van der Waals surface area contributed by atoms with E-state index in [9.17, 15) is 4.57 Å². The summed E-state index contributed by atoms with van der Waals surface area (Å²) in [6.07, 6.45) is 3.55. The Labute approximate surface area is 101 Å². The smallest absolute Gasteiger partial charge is 0.413 e. The fourth-order valence-electron chi connectivity index (χ4n) is 1.57. The zero-order valence-electron chi connectivity index (χ0n) is 9.87. The molecule has 1 N–H and O–H groups in total. The molecular weight excluding hydrogens is 237 g/mol. The minimum atomic E-state index is -3.30. The minimum Gasteiger partial charge on any atom is -0.413 e. The van der Waals surface area contributed by atoms with Crippen molar-refractivity contribution in [1.82, 2.24) is 5.09 Å². The highest BCUT2D eigenvalue weighted by molar-refractivity contribution is 7.52. The van der Waals surface area contributed by atoms with Gasteiger partial charge in [0.05, 0.1) is 6.10 Å². The van der Waals surface area contributed by atoms with E-state index < -0.39 is 7.75 Å². The molecule has 1 aromatic rings. The Morgan fingerprint density at radius 1 is 1.24 bits per heavy atom. The molecule has 0 spiro atoms. The molecule has 0 fully saturated rings. The molecule has 0 saturated heterocycles. The zero-order valence-corrected chi connectivity index (χ0v) is 10.8. The lowest BCUT2D eigenvalue weighted by Crippen LogP contribution is -2.23. The molecule has 1 heterocycles. The first-order valence-electron chi connectivity index (χ1n) is 5.57. The van der Waals surface area contributed by atoms with Crippen molar-refractivity contribution in [1.29, 1.82) is 0 Å². The summed E-state index contributed by atoms with van der Waals surface area (Å²) in [7, 11) is -3.30. The first-order chi connectivity index (χ1) is 8.07. The van der Waals surface area contributed by atoms with E-state index in [-0.39, 0.29) is 12.1 Å². The van der Waals surface area contributed by atoms with Crippen LogP contribution in [0.4, 0.5) is 0 Å². The highest BCUT2D eigenvalue weighted by Gasteiger charge is 2.31. The van der Waals surface area contributed by atoms with Crippen molar-refractivity contribution in [2.24, 2.45) is 0 Å². The summed E-state index contributed by atoms with van der Waals surface area (Å²) in [4.78, 5) is 0. The van der Waals surface area contributed by atoms with Crippen LogP contribution in [0.1, 0.15) is 13.8 Å². The molecule has 0 radical (unpaired) electrons. The molecule has 17 heavy (non-hydrogen) atoms. The molecule has 0 aliphatic carbocycles. The van der Waals surface area contributed by atoms with E-state index in [1.54, 1.807) is 12.1 Å². The Morgan fingerprint density at radius 3 is 2.65 bits per heavy atom. The highest BCUT2D eigenvalue weighted by atomic mass is 31.2. The molecule has 5 heteroatoms. The number of nitrogens with one attached hydrogen (secondary N) is 1. The Morgan fingerprint density at radius 2 is 1.94 bits per heavy atom. The van der Waals surface area contributed by atoms with Gasteiger partial charge >= 0.3 is 7.75 Å². The number of para-hydroxylation sites is 1. The van der Waals surface area contributed by atoms with Gasteiger partial charge in [-0.3, -0.25) is 4.52 Å². The van der Waals surface area contributed by atoms with E-state index in [4.69, 9.17) is 9.05 Å². The molecule has 1 aliphatic heterocycles. The summed E-state index contributed by atoms with van der Waals surface area (Å²) < 4.78 is 23.3. The summed E-state index contributed by atoms with van der Waals surface area (Å²) in [5.41, 5.74) is 0. The van der Waals surface area contributed by atoms with E-state index in [2.05, 4.69) is 5.09 Å². The Balaban J connectivity index is 2.16. The van der Waals surface area contributed by atoms with Crippen LogP contribution in [0.25, 0.3) is 0 Å². The van der Waals surface area contributed by atoms with Gasteiger partial charge in [0.15, 0.2) is 0 Å².